The van der Waals surface area contributed by atoms with E-state index in [2.05, 4.69) is 17.6 Å². The lowest BCUT2D eigenvalue weighted by Crippen LogP contribution is -2.45. The molecule has 0 fully saturated rings. The second kappa shape index (κ2) is 6.40. The highest BCUT2D eigenvalue weighted by atomic mass is 16.2. The molecule has 94 valence electrons. The number of rotatable bonds is 6. The lowest BCUT2D eigenvalue weighted by molar-refractivity contribution is -0.121. The van der Waals surface area contributed by atoms with E-state index in [9.17, 15) is 4.79 Å². The fraction of sp³-hybridized carbons (Fsp3) is 0.500. The predicted molar refractivity (Wildman–Crippen MR) is 70.8 cm³/mol. The Hall–Kier alpha value is -1.35. The third-order valence-corrected chi connectivity index (χ3v) is 2.66. The lowest BCUT2D eigenvalue weighted by atomic mass is 9.94. The van der Waals surface area contributed by atoms with E-state index < -0.39 is 0 Å². The fourth-order valence-electron chi connectivity index (χ4n) is 1.70. The Balaban J connectivity index is 2.52. The van der Waals surface area contributed by atoms with Gasteiger partial charge >= 0.3 is 0 Å². The van der Waals surface area contributed by atoms with Gasteiger partial charge in [-0.1, -0.05) is 37.3 Å². The van der Waals surface area contributed by atoms with Crippen molar-refractivity contribution >= 4 is 5.91 Å². The van der Waals surface area contributed by atoms with Gasteiger partial charge in [-0.25, -0.2) is 0 Å². The molecule has 0 saturated carbocycles. The van der Waals surface area contributed by atoms with E-state index in [1.165, 1.54) is 0 Å². The Morgan fingerprint density at radius 2 is 1.88 bits per heavy atom. The summed E-state index contributed by atoms with van der Waals surface area (Å²) in [6.45, 7) is 7.36. The van der Waals surface area contributed by atoms with Crippen molar-refractivity contribution in [1.29, 1.82) is 0 Å². The Kier molecular flexibility index (Phi) is 5.16. The maximum absolute atomic E-state index is 11.7. The minimum Gasteiger partial charge on any atom is -0.346 e. The minimum atomic E-state index is -0.327. The van der Waals surface area contributed by atoms with Crippen LogP contribution in [0.25, 0.3) is 0 Å². The number of amides is 1. The number of benzene rings is 1. The summed E-state index contributed by atoms with van der Waals surface area (Å²) < 4.78 is 0. The van der Waals surface area contributed by atoms with Crippen LogP contribution in [0.2, 0.25) is 0 Å². The minimum absolute atomic E-state index is 0.0345. The molecule has 0 atom stereocenters. The fourth-order valence-corrected chi connectivity index (χ4v) is 1.70. The first-order valence-electron chi connectivity index (χ1n) is 6.13. The highest BCUT2D eigenvalue weighted by molar-refractivity contribution is 5.79. The van der Waals surface area contributed by atoms with E-state index in [1.54, 1.807) is 0 Å². The quantitative estimate of drug-likeness (QED) is 0.740. The van der Waals surface area contributed by atoms with Gasteiger partial charge in [0.2, 0.25) is 5.91 Å². The Morgan fingerprint density at radius 1 is 1.24 bits per heavy atom. The molecular formula is C14H22N2O. The monoisotopic (exact) mass is 234 g/mol. The molecule has 3 nitrogen and oxygen atoms in total. The molecule has 0 aliphatic rings. The van der Waals surface area contributed by atoms with Gasteiger partial charge in [0.15, 0.2) is 0 Å². The van der Waals surface area contributed by atoms with Gasteiger partial charge in [-0.3, -0.25) is 4.79 Å². The predicted octanol–water partition coefficient (Wildman–Crippen LogP) is 2.04. The van der Waals surface area contributed by atoms with Crippen LogP contribution in [-0.2, 0) is 10.3 Å². The molecule has 1 rings (SSSR count). The molecule has 1 aromatic rings. The first-order valence-corrected chi connectivity index (χ1v) is 6.13. The van der Waals surface area contributed by atoms with E-state index in [0.717, 1.165) is 18.5 Å². The second-order valence-electron chi connectivity index (χ2n) is 4.72. The molecule has 0 unspecified atom stereocenters. The van der Waals surface area contributed by atoms with E-state index >= 15 is 0 Å². The normalized spacial score (nSPS) is 11.2. The first kappa shape index (κ1) is 13.7. The summed E-state index contributed by atoms with van der Waals surface area (Å²) in [5, 5.41) is 6.13. The molecule has 0 aliphatic carbocycles. The number of hydrogen-bond acceptors (Lipinski definition) is 2. The van der Waals surface area contributed by atoms with E-state index in [-0.39, 0.29) is 11.4 Å². The van der Waals surface area contributed by atoms with Gasteiger partial charge in [0.1, 0.15) is 0 Å². The van der Waals surface area contributed by atoms with Crippen LogP contribution in [-0.4, -0.2) is 19.0 Å². The largest absolute Gasteiger partial charge is 0.346 e. The van der Waals surface area contributed by atoms with Crippen molar-refractivity contribution in [2.45, 2.75) is 32.7 Å². The molecule has 17 heavy (non-hydrogen) atoms. The lowest BCUT2D eigenvalue weighted by Gasteiger charge is -2.27. The molecule has 1 amide bonds. The van der Waals surface area contributed by atoms with Crippen LogP contribution in [0.5, 0.6) is 0 Å². The molecule has 0 aliphatic heterocycles. The zero-order valence-electron chi connectivity index (χ0n) is 10.9. The molecule has 3 heteroatoms. The summed E-state index contributed by atoms with van der Waals surface area (Å²) >= 11 is 0. The van der Waals surface area contributed by atoms with Crippen LogP contribution >= 0.6 is 0 Å². The molecule has 2 N–H and O–H groups in total. The van der Waals surface area contributed by atoms with Gasteiger partial charge in [0, 0.05) is 0 Å². The average Bonchev–Trinajstić information content (AvgIpc) is 2.30. The van der Waals surface area contributed by atoms with Gasteiger partial charge < -0.3 is 10.6 Å². The Bertz CT molecular complexity index is 346. The third-order valence-electron chi connectivity index (χ3n) is 2.66. The van der Waals surface area contributed by atoms with Crippen LogP contribution in [0.1, 0.15) is 32.8 Å². The Labute approximate surface area is 104 Å². The molecule has 1 aromatic carbocycles. The van der Waals surface area contributed by atoms with Gasteiger partial charge in [-0.2, -0.15) is 0 Å². The number of hydrogen-bond donors (Lipinski definition) is 2. The van der Waals surface area contributed by atoms with Crippen LogP contribution < -0.4 is 10.6 Å². The molecular weight excluding hydrogens is 212 g/mol. The van der Waals surface area contributed by atoms with Gasteiger partial charge in [0.25, 0.3) is 0 Å². The number of nitrogens with one attached hydrogen (secondary N) is 2. The zero-order chi connectivity index (χ0) is 12.7. The summed E-state index contributed by atoms with van der Waals surface area (Å²) in [6, 6.07) is 10.0. The molecule has 0 bridgehead atoms. The first-order chi connectivity index (χ1) is 8.06. The van der Waals surface area contributed by atoms with Crippen molar-refractivity contribution in [2.75, 3.05) is 13.1 Å². The van der Waals surface area contributed by atoms with E-state index in [1.807, 2.05) is 44.2 Å². The van der Waals surface area contributed by atoms with E-state index in [0.29, 0.717) is 6.54 Å². The van der Waals surface area contributed by atoms with Gasteiger partial charge in [-0.15, -0.1) is 0 Å². The Morgan fingerprint density at radius 3 is 2.47 bits per heavy atom. The van der Waals surface area contributed by atoms with Crippen molar-refractivity contribution < 1.29 is 4.79 Å². The highest BCUT2D eigenvalue weighted by Crippen LogP contribution is 2.18. The van der Waals surface area contributed by atoms with Gasteiger partial charge in [-0.05, 0) is 32.4 Å². The molecule has 0 heterocycles. The van der Waals surface area contributed by atoms with Crippen LogP contribution in [0.4, 0.5) is 0 Å². The maximum atomic E-state index is 11.7. The third kappa shape index (κ3) is 4.57. The summed E-state index contributed by atoms with van der Waals surface area (Å²) in [5.74, 6) is 0.0345. The summed E-state index contributed by atoms with van der Waals surface area (Å²) in [4.78, 5) is 11.7. The summed E-state index contributed by atoms with van der Waals surface area (Å²) in [5.41, 5.74) is 0.788. The molecule has 0 saturated heterocycles. The average molecular weight is 234 g/mol. The smallest absolute Gasteiger partial charge is 0.234 e. The molecule has 0 spiro atoms. The van der Waals surface area contributed by atoms with E-state index in [4.69, 9.17) is 0 Å². The maximum Gasteiger partial charge on any atom is 0.234 e. The van der Waals surface area contributed by atoms with Gasteiger partial charge in [0.05, 0.1) is 12.1 Å². The molecule has 0 aromatic heterocycles. The van der Waals surface area contributed by atoms with Crippen molar-refractivity contribution in [3.63, 3.8) is 0 Å². The van der Waals surface area contributed by atoms with Crippen molar-refractivity contribution in [3.05, 3.63) is 35.9 Å². The highest BCUT2D eigenvalue weighted by Gasteiger charge is 2.21. The zero-order valence-corrected chi connectivity index (χ0v) is 10.9. The summed E-state index contributed by atoms with van der Waals surface area (Å²) in [7, 11) is 0. The summed E-state index contributed by atoms with van der Waals surface area (Å²) in [6.07, 6.45) is 1.04. The van der Waals surface area contributed by atoms with Crippen LogP contribution in [0.15, 0.2) is 30.3 Å². The van der Waals surface area contributed by atoms with Crippen molar-refractivity contribution in [1.82, 2.24) is 10.6 Å². The number of carbonyl (C=O) groups is 1. The SMILES string of the molecule is CCCNCC(=O)NC(C)(C)c1ccccc1. The topological polar surface area (TPSA) is 41.1 Å². The number of carbonyl (C=O) groups excluding carboxylic acids is 1. The standard InChI is InChI=1S/C14H22N2O/c1-4-10-15-11-13(17)16-14(2,3)12-8-6-5-7-9-12/h5-9,15H,4,10-11H2,1-3H3,(H,16,17). The van der Waals surface area contributed by atoms with Crippen molar-refractivity contribution in [3.8, 4) is 0 Å². The van der Waals surface area contributed by atoms with Crippen LogP contribution in [0, 0.1) is 0 Å². The van der Waals surface area contributed by atoms with Crippen LogP contribution in [0.3, 0.4) is 0 Å². The van der Waals surface area contributed by atoms with Crippen molar-refractivity contribution in [2.24, 2.45) is 0 Å². The second-order valence-corrected chi connectivity index (χ2v) is 4.72. The molecule has 0 radical (unpaired) electrons.